The Morgan fingerprint density at radius 2 is 2.29 bits per heavy atom. The Balaban J connectivity index is 0.00000161. The molecule has 3 heterocycles. The van der Waals surface area contributed by atoms with Gasteiger partial charge in [0.15, 0.2) is 0 Å². The molecule has 2 aromatic rings. The SMILES string of the molecule is Cl.NC1CCCN(C(=O)c2csc(-c3ccc(Br)s3)n2)C1. The van der Waals surface area contributed by atoms with Crippen LogP contribution in [0.15, 0.2) is 21.3 Å². The van der Waals surface area contributed by atoms with Gasteiger partial charge in [-0.1, -0.05) is 0 Å². The Morgan fingerprint density at radius 3 is 2.95 bits per heavy atom. The Labute approximate surface area is 145 Å². The second-order valence-electron chi connectivity index (χ2n) is 4.80. The van der Waals surface area contributed by atoms with Crippen LogP contribution >= 0.6 is 51.0 Å². The summed E-state index contributed by atoms with van der Waals surface area (Å²) in [6.45, 7) is 1.42. The second-order valence-corrected chi connectivity index (χ2v) is 8.12. The number of hydrogen-bond donors (Lipinski definition) is 1. The van der Waals surface area contributed by atoms with Crippen molar-refractivity contribution < 1.29 is 4.79 Å². The van der Waals surface area contributed by atoms with E-state index in [1.807, 2.05) is 22.4 Å². The molecule has 0 aromatic carbocycles. The highest BCUT2D eigenvalue weighted by atomic mass is 79.9. The number of thiophene rings is 1. The number of likely N-dealkylation sites (tertiary alicyclic amines) is 1. The van der Waals surface area contributed by atoms with E-state index < -0.39 is 0 Å². The molecule has 2 N–H and O–H groups in total. The van der Waals surface area contributed by atoms with Gasteiger partial charge in [-0.15, -0.1) is 35.1 Å². The Hall–Kier alpha value is -0.470. The fourth-order valence-corrected chi connectivity index (χ4v) is 4.52. The van der Waals surface area contributed by atoms with Gasteiger partial charge in [0.2, 0.25) is 0 Å². The van der Waals surface area contributed by atoms with E-state index in [1.54, 1.807) is 11.3 Å². The third-order valence-electron chi connectivity index (χ3n) is 3.25. The highest BCUT2D eigenvalue weighted by Crippen LogP contribution is 2.33. The number of hydrogen-bond acceptors (Lipinski definition) is 5. The molecule has 1 atom stereocenters. The Kier molecular flexibility index (Phi) is 5.79. The van der Waals surface area contributed by atoms with Crippen LogP contribution in [0.2, 0.25) is 0 Å². The average Bonchev–Trinajstić information content (AvgIpc) is 3.06. The fraction of sp³-hybridized carbons (Fsp3) is 0.385. The van der Waals surface area contributed by atoms with Gasteiger partial charge in [0.05, 0.1) is 8.66 Å². The van der Waals surface area contributed by atoms with Crippen molar-refractivity contribution in [3.63, 3.8) is 0 Å². The molecule has 1 fully saturated rings. The maximum absolute atomic E-state index is 12.4. The molecule has 1 aliphatic heterocycles. The second kappa shape index (κ2) is 7.19. The van der Waals surface area contributed by atoms with Crippen LogP contribution in [0.4, 0.5) is 0 Å². The molecule has 1 saturated heterocycles. The van der Waals surface area contributed by atoms with E-state index in [2.05, 4.69) is 20.9 Å². The van der Waals surface area contributed by atoms with Crippen molar-refractivity contribution in [3.05, 3.63) is 27.0 Å². The zero-order valence-corrected chi connectivity index (χ0v) is 15.2. The Morgan fingerprint density at radius 1 is 1.48 bits per heavy atom. The van der Waals surface area contributed by atoms with Gasteiger partial charge in [-0.05, 0) is 40.9 Å². The predicted molar refractivity (Wildman–Crippen MR) is 93.5 cm³/mol. The number of nitrogens with two attached hydrogens (primary N) is 1. The van der Waals surface area contributed by atoms with Crippen molar-refractivity contribution in [2.45, 2.75) is 18.9 Å². The molecular formula is C13H15BrClN3OS2. The maximum atomic E-state index is 12.4. The van der Waals surface area contributed by atoms with Crippen LogP contribution in [0, 0.1) is 0 Å². The first-order chi connectivity index (χ1) is 9.63. The maximum Gasteiger partial charge on any atom is 0.273 e. The molecule has 21 heavy (non-hydrogen) atoms. The van der Waals surface area contributed by atoms with Crippen LogP contribution in [0.25, 0.3) is 9.88 Å². The summed E-state index contributed by atoms with van der Waals surface area (Å²) >= 11 is 6.57. The summed E-state index contributed by atoms with van der Waals surface area (Å²) in [6, 6.07) is 4.10. The number of carbonyl (C=O) groups is 1. The molecule has 1 aliphatic rings. The quantitative estimate of drug-likeness (QED) is 0.825. The fourth-order valence-electron chi connectivity index (χ4n) is 2.27. The molecule has 1 amide bonds. The summed E-state index contributed by atoms with van der Waals surface area (Å²) in [5.41, 5.74) is 6.46. The number of rotatable bonds is 2. The first kappa shape index (κ1) is 16.9. The molecule has 2 aromatic heterocycles. The predicted octanol–water partition coefficient (Wildman–Crippen LogP) is 3.62. The molecule has 3 rings (SSSR count). The monoisotopic (exact) mass is 407 g/mol. The first-order valence-electron chi connectivity index (χ1n) is 6.39. The molecule has 0 bridgehead atoms. The zero-order valence-electron chi connectivity index (χ0n) is 11.1. The highest BCUT2D eigenvalue weighted by molar-refractivity contribution is 9.11. The molecule has 0 radical (unpaired) electrons. The van der Waals surface area contributed by atoms with Crippen LogP contribution in [0.3, 0.4) is 0 Å². The number of amides is 1. The van der Waals surface area contributed by atoms with E-state index in [0.717, 1.165) is 33.1 Å². The van der Waals surface area contributed by atoms with Crippen LogP contribution in [0.5, 0.6) is 0 Å². The van der Waals surface area contributed by atoms with Gasteiger partial charge in [-0.3, -0.25) is 4.79 Å². The summed E-state index contributed by atoms with van der Waals surface area (Å²) in [6.07, 6.45) is 1.97. The van der Waals surface area contributed by atoms with E-state index in [0.29, 0.717) is 12.2 Å². The number of aromatic nitrogens is 1. The average molecular weight is 409 g/mol. The number of piperidine rings is 1. The van der Waals surface area contributed by atoms with Gasteiger partial charge in [0, 0.05) is 24.5 Å². The van der Waals surface area contributed by atoms with Gasteiger partial charge in [0.25, 0.3) is 5.91 Å². The van der Waals surface area contributed by atoms with Crippen LogP contribution < -0.4 is 5.73 Å². The minimum absolute atomic E-state index is 0. The molecular weight excluding hydrogens is 394 g/mol. The van der Waals surface area contributed by atoms with Crippen molar-refractivity contribution in [3.8, 4) is 9.88 Å². The van der Waals surface area contributed by atoms with Gasteiger partial charge < -0.3 is 10.6 Å². The molecule has 0 saturated carbocycles. The molecule has 1 unspecified atom stereocenters. The largest absolute Gasteiger partial charge is 0.336 e. The van der Waals surface area contributed by atoms with Crippen LogP contribution in [-0.2, 0) is 0 Å². The normalized spacial score (nSPS) is 18.4. The van der Waals surface area contributed by atoms with Crippen molar-refractivity contribution in [1.82, 2.24) is 9.88 Å². The van der Waals surface area contributed by atoms with E-state index in [1.165, 1.54) is 11.3 Å². The zero-order chi connectivity index (χ0) is 14.1. The van der Waals surface area contributed by atoms with Crippen LogP contribution in [0.1, 0.15) is 23.3 Å². The van der Waals surface area contributed by atoms with E-state index in [-0.39, 0.29) is 24.4 Å². The topological polar surface area (TPSA) is 59.2 Å². The molecule has 114 valence electrons. The molecule has 0 aliphatic carbocycles. The summed E-state index contributed by atoms with van der Waals surface area (Å²) in [7, 11) is 0. The molecule has 0 spiro atoms. The summed E-state index contributed by atoms with van der Waals surface area (Å²) in [5, 5.41) is 2.73. The third-order valence-corrected chi connectivity index (χ3v) is 5.89. The van der Waals surface area contributed by atoms with Crippen molar-refractivity contribution in [2.24, 2.45) is 5.73 Å². The lowest BCUT2D eigenvalue weighted by atomic mass is 10.1. The summed E-state index contributed by atoms with van der Waals surface area (Å²) in [4.78, 5) is 19.8. The lowest BCUT2D eigenvalue weighted by Crippen LogP contribution is -2.45. The lowest BCUT2D eigenvalue weighted by Gasteiger charge is -2.30. The van der Waals surface area contributed by atoms with Crippen molar-refractivity contribution in [2.75, 3.05) is 13.1 Å². The number of halogens is 2. The van der Waals surface area contributed by atoms with E-state index >= 15 is 0 Å². The number of nitrogens with zero attached hydrogens (tertiary/aromatic N) is 2. The minimum Gasteiger partial charge on any atom is -0.336 e. The third kappa shape index (κ3) is 3.84. The van der Waals surface area contributed by atoms with E-state index in [4.69, 9.17) is 5.73 Å². The number of carbonyl (C=O) groups excluding carboxylic acids is 1. The summed E-state index contributed by atoms with van der Waals surface area (Å²) < 4.78 is 1.07. The smallest absolute Gasteiger partial charge is 0.273 e. The van der Waals surface area contributed by atoms with Crippen molar-refractivity contribution >= 4 is 56.9 Å². The van der Waals surface area contributed by atoms with E-state index in [9.17, 15) is 4.79 Å². The minimum atomic E-state index is -0.00160. The van der Waals surface area contributed by atoms with Gasteiger partial charge in [-0.25, -0.2) is 4.98 Å². The van der Waals surface area contributed by atoms with Crippen LogP contribution in [-0.4, -0.2) is 34.9 Å². The lowest BCUT2D eigenvalue weighted by molar-refractivity contribution is 0.0704. The standard InChI is InChI=1S/C13H14BrN3OS2.ClH/c14-11-4-3-10(20-11)12-16-9(7-19-12)13(18)17-5-1-2-8(15)6-17;/h3-4,7-8H,1-2,5-6,15H2;1H. The Bertz CT molecular complexity index is 630. The number of thiazole rings is 1. The van der Waals surface area contributed by atoms with Crippen molar-refractivity contribution in [1.29, 1.82) is 0 Å². The molecule has 4 nitrogen and oxygen atoms in total. The van der Waals surface area contributed by atoms with Gasteiger partial charge >= 0.3 is 0 Å². The van der Waals surface area contributed by atoms with Gasteiger partial charge in [-0.2, -0.15) is 0 Å². The van der Waals surface area contributed by atoms with Gasteiger partial charge in [0.1, 0.15) is 10.7 Å². The first-order valence-corrected chi connectivity index (χ1v) is 8.88. The molecule has 8 heteroatoms. The summed E-state index contributed by atoms with van der Waals surface area (Å²) in [5.74, 6) is -0.00160. The highest BCUT2D eigenvalue weighted by Gasteiger charge is 2.24.